The van der Waals surface area contributed by atoms with Crippen LogP contribution in [-0.4, -0.2) is 152 Å². The number of aliphatic hydroxyl groups is 3. The number of ether oxygens (including phenoxy) is 8. The third-order valence-corrected chi connectivity index (χ3v) is 12.8. The lowest BCUT2D eigenvalue weighted by Gasteiger charge is -2.50. The van der Waals surface area contributed by atoms with Gasteiger partial charge in [0.15, 0.2) is 18.7 Å². The normalized spacial score (nSPS) is 37.3. The minimum atomic E-state index is -1.48. The molecule has 2 saturated heterocycles. The molecule has 16 atom stereocenters. The number of rotatable bonds is 14. The average Bonchev–Trinajstić information content (AvgIpc) is 3.26. The number of cyclic esters (lactones) is 1. The molecule has 0 bridgehead atoms. The molecule has 0 radical (unpaired) electrons. The van der Waals surface area contributed by atoms with Gasteiger partial charge in [-0.2, -0.15) is 0 Å². The summed E-state index contributed by atoms with van der Waals surface area (Å²) in [5, 5.41) is 37.2. The molecular weight excluding hydrogens is 851 g/mol. The largest absolute Gasteiger partial charge is 0.462 e. The van der Waals surface area contributed by atoms with E-state index in [-0.39, 0.29) is 44.6 Å². The lowest BCUT2D eigenvalue weighted by molar-refractivity contribution is -0.344. The second kappa shape index (κ2) is 24.9. The van der Waals surface area contributed by atoms with E-state index in [2.05, 4.69) is 6.07 Å². The van der Waals surface area contributed by atoms with Crippen LogP contribution in [0.5, 0.6) is 0 Å². The molecule has 0 spiro atoms. The average molecular weight is 924 g/mol. The number of allylic oxidation sites excluding steroid dienone is 2. The molecule has 0 aliphatic carbocycles. The van der Waals surface area contributed by atoms with Gasteiger partial charge in [0.05, 0.1) is 49.6 Å². The van der Waals surface area contributed by atoms with Crippen LogP contribution in [0.3, 0.4) is 0 Å². The summed E-state index contributed by atoms with van der Waals surface area (Å²) in [5.74, 6) is -1.98. The van der Waals surface area contributed by atoms with Crippen molar-refractivity contribution < 1.29 is 67.6 Å². The van der Waals surface area contributed by atoms with E-state index in [9.17, 15) is 29.7 Å². The number of aldehydes is 1. The van der Waals surface area contributed by atoms with Gasteiger partial charge in [-0.05, 0) is 82.4 Å². The first-order chi connectivity index (χ1) is 31.5. The Balaban J connectivity index is 1.46. The molecule has 0 saturated carbocycles. The minimum Gasteiger partial charge on any atom is -0.462 e. The highest BCUT2D eigenvalue weighted by atomic mass is 16.7. The van der Waals surface area contributed by atoms with Crippen molar-refractivity contribution in [2.75, 3.05) is 27.8 Å². The number of hydrogen-bond acceptors (Lipinski definition) is 15. The number of fused-ring (bicyclic) bond motifs is 1. The summed E-state index contributed by atoms with van der Waals surface area (Å²) in [6.45, 7) is 10.5. The van der Waals surface area contributed by atoms with Crippen molar-refractivity contribution in [3.63, 3.8) is 0 Å². The highest BCUT2D eigenvalue weighted by Gasteiger charge is 2.53. The zero-order valence-corrected chi connectivity index (χ0v) is 40.0. The third-order valence-electron chi connectivity index (χ3n) is 12.8. The van der Waals surface area contributed by atoms with E-state index in [4.69, 9.17) is 37.9 Å². The summed E-state index contributed by atoms with van der Waals surface area (Å²) in [7, 11) is 5.04. The first-order valence-corrected chi connectivity index (χ1v) is 23.3. The van der Waals surface area contributed by atoms with Gasteiger partial charge < -0.3 is 62.9 Å². The number of benzene rings is 2. The van der Waals surface area contributed by atoms with E-state index in [1.165, 1.54) is 7.11 Å². The predicted octanol–water partition coefficient (Wildman–Crippen LogP) is 5.70. The summed E-state index contributed by atoms with van der Waals surface area (Å²) in [5.41, 5.74) is -0.524. The van der Waals surface area contributed by atoms with E-state index in [1.54, 1.807) is 71.8 Å². The van der Waals surface area contributed by atoms with Gasteiger partial charge in [0.25, 0.3) is 0 Å². The smallest absolute Gasteiger partial charge is 0.308 e. The number of aliphatic hydroxyl groups excluding tert-OH is 2. The molecule has 66 heavy (non-hydrogen) atoms. The number of nitrogens with zero attached hydrogens (tertiary/aromatic N) is 1. The molecule has 0 amide bonds. The molecule has 0 aromatic heterocycles. The molecule has 0 unspecified atom stereocenters. The SMILES string of the molecule is CCC(=O)O[C@H]1[C@H](C)O[C@@H](O[C@H]2[C@H](N(C)C)[C@@H](O)[C@H](O[C@H]3[C@@H](CC=O)C[C@@H](C)[C@@H](O)/C=C/C=C/C[C@@H](C)OC(=O)C[C@@H](OC/C=C/c4ccc5ccccc5c4)[C@@H]3OC)O[C@@H]2C)C[C@@]1(C)O. The molecule has 3 aliphatic heterocycles. The number of likely N-dealkylation sites (N-methyl/N-ethyl adjacent to an activating group) is 1. The third kappa shape index (κ3) is 14.3. The Bertz CT molecular complexity index is 1950. The van der Waals surface area contributed by atoms with Crippen LogP contribution in [0.2, 0.25) is 0 Å². The fourth-order valence-corrected chi connectivity index (χ4v) is 9.29. The molecule has 2 fully saturated rings. The van der Waals surface area contributed by atoms with Gasteiger partial charge >= 0.3 is 11.9 Å². The molecule has 5 rings (SSSR count). The van der Waals surface area contributed by atoms with Crippen LogP contribution in [0.15, 0.2) is 72.8 Å². The number of esters is 2. The molecule has 366 valence electrons. The van der Waals surface area contributed by atoms with Gasteiger partial charge in [-0.1, -0.05) is 86.7 Å². The van der Waals surface area contributed by atoms with Crippen LogP contribution >= 0.6 is 0 Å². The summed E-state index contributed by atoms with van der Waals surface area (Å²) in [6, 6.07) is 13.4. The molecule has 15 nitrogen and oxygen atoms in total. The van der Waals surface area contributed by atoms with E-state index in [0.717, 1.165) is 22.6 Å². The second-order valence-corrected chi connectivity index (χ2v) is 18.5. The number of methoxy groups -OCH3 is 1. The molecule has 2 aromatic carbocycles. The molecule has 3 aliphatic rings. The van der Waals surface area contributed by atoms with Crippen LogP contribution in [0.25, 0.3) is 16.8 Å². The first-order valence-electron chi connectivity index (χ1n) is 23.3. The van der Waals surface area contributed by atoms with Crippen molar-refractivity contribution in [3.8, 4) is 0 Å². The number of carbonyl (C=O) groups excluding carboxylic acids is 3. The second-order valence-electron chi connectivity index (χ2n) is 18.5. The van der Waals surface area contributed by atoms with Gasteiger partial charge in [-0.15, -0.1) is 0 Å². The zero-order chi connectivity index (χ0) is 48.1. The van der Waals surface area contributed by atoms with E-state index in [1.807, 2.05) is 61.5 Å². The Kier molecular flexibility index (Phi) is 20.1. The van der Waals surface area contributed by atoms with Crippen molar-refractivity contribution in [1.29, 1.82) is 0 Å². The molecule has 3 heterocycles. The van der Waals surface area contributed by atoms with E-state index >= 15 is 0 Å². The van der Waals surface area contributed by atoms with E-state index in [0.29, 0.717) is 6.42 Å². The molecular formula is C51H73NO14. The zero-order valence-electron chi connectivity index (χ0n) is 40.0. The van der Waals surface area contributed by atoms with Crippen LogP contribution in [0.1, 0.15) is 85.6 Å². The van der Waals surface area contributed by atoms with Crippen LogP contribution in [0, 0.1) is 11.8 Å². The molecule has 15 heteroatoms. The summed E-state index contributed by atoms with van der Waals surface area (Å²) >= 11 is 0. The number of carbonyl (C=O) groups is 3. The standard InChI is InChI=1S/C51H73NO14/c1-10-41(55)64-49-34(5)62-43(30-51(49,6)58)65-46-33(4)63-50(45(57)44(46)52(7)8)66-47-38(24-25-53)27-31(2)39(54)21-13-11-12-17-32(3)61-42(56)29-40(48(47)59-9)60-26-16-18-35-22-23-36-19-14-15-20-37(36)28-35/h11-16,18-23,25,28,31-34,38-40,43-50,54,57-58H,10,17,24,26-27,29-30H2,1-9H3/b12-11+,18-16+,21-13+/t31-,32-,33-,34+,38+,39+,40-,43+,44-,45-,46-,47+,48+,49+,50+,51-/m1/s1. The van der Waals surface area contributed by atoms with Crippen LogP contribution < -0.4 is 0 Å². The Morgan fingerprint density at radius 1 is 0.970 bits per heavy atom. The Morgan fingerprint density at radius 2 is 1.71 bits per heavy atom. The van der Waals surface area contributed by atoms with Crippen LogP contribution in [-0.2, 0) is 52.3 Å². The molecule has 3 N–H and O–H groups in total. The van der Waals surface area contributed by atoms with Gasteiger partial charge in [0.1, 0.15) is 36.3 Å². The van der Waals surface area contributed by atoms with Crippen molar-refractivity contribution >= 4 is 35.1 Å². The lowest BCUT2D eigenvalue weighted by atomic mass is 9.82. The van der Waals surface area contributed by atoms with Gasteiger partial charge in [0.2, 0.25) is 0 Å². The fraction of sp³-hybridized carbons (Fsp3) is 0.627. The maximum Gasteiger partial charge on any atom is 0.308 e. The number of hydrogen-bond donors (Lipinski definition) is 3. The van der Waals surface area contributed by atoms with Crippen LogP contribution in [0.4, 0.5) is 0 Å². The maximum absolute atomic E-state index is 13.7. The summed E-state index contributed by atoms with van der Waals surface area (Å²) in [6.07, 6.45) is 1.02. The Hall–Kier alpha value is -3.87. The van der Waals surface area contributed by atoms with Gasteiger partial charge in [-0.3, -0.25) is 9.59 Å². The van der Waals surface area contributed by atoms with Crippen molar-refractivity contribution in [3.05, 3.63) is 78.4 Å². The highest BCUT2D eigenvalue weighted by Crippen LogP contribution is 2.38. The Morgan fingerprint density at radius 3 is 2.39 bits per heavy atom. The van der Waals surface area contributed by atoms with Crippen molar-refractivity contribution in [2.24, 2.45) is 11.8 Å². The van der Waals surface area contributed by atoms with Crippen molar-refractivity contribution in [2.45, 2.75) is 165 Å². The Labute approximate surface area is 390 Å². The molecule has 2 aromatic rings. The van der Waals surface area contributed by atoms with Gasteiger partial charge in [-0.25, -0.2) is 0 Å². The minimum absolute atomic E-state index is 0.0197. The fourth-order valence-electron chi connectivity index (χ4n) is 9.29. The highest BCUT2D eigenvalue weighted by molar-refractivity contribution is 5.84. The monoisotopic (exact) mass is 924 g/mol. The quantitative estimate of drug-likeness (QED) is 0.155. The topological polar surface area (TPSA) is 189 Å². The summed E-state index contributed by atoms with van der Waals surface area (Å²) < 4.78 is 50.2. The first kappa shape index (κ1) is 53.1. The maximum atomic E-state index is 13.7. The summed E-state index contributed by atoms with van der Waals surface area (Å²) in [4.78, 5) is 40.2. The van der Waals surface area contributed by atoms with Gasteiger partial charge in [0, 0.05) is 32.8 Å². The predicted molar refractivity (Wildman–Crippen MR) is 248 cm³/mol. The van der Waals surface area contributed by atoms with Crippen molar-refractivity contribution in [1.82, 2.24) is 4.90 Å². The van der Waals surface area contributed by atoms with E-state index < -0.39 is 103 Å². The lowest BCUT2D eigenvalue weighted by Crippen LogP contribution is -2.66.